The lowest BCUT2D eigenvalue weighted by Crippen LogP contribution is -2.03. The largest absolute Gasteiger partial charge is 0.481 e. The number of aliphatic hydroxyl groups excluding tert-OH is 2. The molecule has 0 saturated carbocycles. The van der Waals surface area contributed by atoms with Gasteiger partial charge in [-0.3, -0.25) is 9.59 Å². The predicted molar refractivity (Wildman–Crippen MR) is 110 cm³/mol. The molecule has 0 radical (unpaired) electrons. The molecule has 27 heavy (non-hydrogen) atoms. The molecule has 0 aromatic carbocycles. The van der Waals surface area contributed by atoms with Gasteiger partial charge in [-0.25, -0.2) is 0 Å². The number of aliphatic carboxylic acids is 2. The topological polar surface area (TPSA) is 115 Å². The Morgan fingerprint density at radius 2 is 0.926 bits per heavy atom. The minimum Gasteiger partial charge on any atom is -0.481 e. The van der Waals surface area contributed by atoms with Gasteiger partial charge in [-0.05, 0) is 19.8 Å². The van der Waals surface area contributed by atoms with Crippen molar-refractivity contribution in [3.05, 3.63) is 0 Å². The maximum absolute atomic E-state index is 10.1. The van der Waals surface area contributed by atoms with Crippen molar-refractivity contribution in [3.8, 4) is 0 Å². The van der Waals surface area contributed by atoms with Crippen LogP contribution in [0.15, 0.2) is 0 Å². The lowest BCUT2D eigenvalue weighted by Gasteiger charge is -1.97. The minimum absolute atomic E-state index is 0.139. The lowest BCUT2D eigenvalue weighted by molar-refractivity contribution is -0.138. The van der Waals surface area contributed by atoms with Gasteiger partial charge in [-0.15, -0.1) is 0 Å². The summed E-state index contributed by atoms with van der Waals surface area (Å²) < 4.78 is 0. The Bertz CT molecular complexity index is 279. The summed E-state index contributed by atoms with van der Waals surface area (Å²) in [6.07, 6.45) is 13.9. The second kappa shape index (κ2) is 27.1. The minimum atomic E-state index is -0.666. The van der Waals surface area contributed by atoms with E-state index < -0.39 is 18.0 Å². The van der Waals surface area contributed by atoms with Crippen molar-refractivity contribution in [2.75, 3.05) is 6.61 Å². The van der Waals surface area contributed by atoms with Crippen LogP contribution >= 0.6 is 0 Å². The third-order valence-electron chi connectivity index (χ3n) is 3.75. The van der Waals surface area contributed by atoms with Gasteiger partial charge in [0.15, 0.2) is 0 Å². The molecule has 0 spiro atoms. The Morgan fingerprint density at radius 3 is 1.15 bits per heavy atom. The van der Waals surface area contributed by atoms with E-state index in [0.717, 1.165) is 25.7 Å². The summed E-state index contributed by atoms with van der Waals surface area (Å²) in [6.45, 7) is 5.74. The number of carboxylic acids is 2. The van der Waals surface area contributed by atoms with Gasteiger partial charge in [0.05, 0.1) is 12.7 Å². The second-order valence-corrected chi connectivity index (χ2v) is 6.85. The first-order chi connectivity index (χ1) is 12.8. The molecule has 0 heterocycles. The summed E-state index contributed by atoms with van der Waals surface area (Å²) in [4.78, 5) is 20.2. The van der Waals surface area contributed by atoms with E-state index in [1.807, 2.05) is 0 Å². The quantitative estimate of drug-likeness (QED) is 0.291. The van der Waals surface area contributed by atoms with Crippen molar-refractivity contribution in [1.82, 2.24) is 0 Å². The van der Waals surface area contributed by atoms with Crippen molar-refractivity contribution in [3.63, 3.8) is 0 Å². The molecule has 4 N–H and O–H groups in total. The normalized spacial score (nSPS) is 10.9. The van der Waals surface area contributed by atoms with Gasteiger partial charge >= 0.3 is 11.9 Å². The fourth-order valence-corrected chi connectivity index (χ4v) is 2.11. The van der Waals surface area contributed by atoms with Crippen molar-refractivity contribution >= 4 is 11.9 Å². The number of aliphatic hydroxyl groups is 2. The molecule has 0 rings (SSSR count). The number of carboxylic acid groups (broad SMARTS) is 2. The molecule has 1 unspecified atom stereocenters. The first-order valence-electron chi connectivity index (χ1n) is 10.5. The third kappa shape index (κ3) is 45.7. The Hall–Kier alpha value is -1.14. The van der Waals surface area contributed by atoms with E-state index >= 15 is 0 Å². The molecule has 0 saturated heterocycles. The standard InChI is InChI=1S/2C9H18O2.C3H8O2/c2*1-2-3-4-5-6-7-8-9(10)11;1-3(5)2-4/h2*2-8H2,1H3,(H,10,11);3-5H,2H2,1H3. The van der Waals surface area contributed by atoms with Crippen LogP contribution in [0, 0.1) is 0 Å². The number of carbonyl (C=O) groups is 2. The maximum Gasteiger partial charge on any atom is 0.303 e. The van der Waals surface area contributed by atoms with Crippen molar-refractivity contribution in [2.45, 2.75) is 117 Å². The summed E-state index contributed by atoms with van der Waals surface area (Å²) >= 11 is 0. The van der Waals surface area contributed by atoms with Gasteiger partial charge in [0, 0.05) is 12.8 Å². The van der Waals surface area contributed by atoms with E-state index in [-0.39, 0.29) is 6.61 Å². The zero-order valence-corrected chi connectivity index (χ0v) is 17.8. The summed E-state index contributed by atoms with van der Waals surface area (Å²) in [5, 5.41) is 32.6. The lowest BCUT2D eigenvalue weighted by atomic mass is 10.1. The Labute approximate surface area is 166 Å². The van der Waals surface area contributed by atoms with Crippen molar-refractivity contribution < 1.29 is 30.0 Å². The highest BCUT2D eigenvalue weighted by atomic mass is 16.4. The number of unbranched alkanes of at least 4 members (excludes halogenated alkanes) is 10. The van der Waals surface area contributed by atoms with Crippen LogP contribution in [0.3, 0.4) is 0 Å². The van der Waals surface area contributed by atoms with Crippen LogP contribution in [0.1, 0.15) is 111 Å². The predicted octanol–water partition coefficient (Wildman–Crippen LogP) is 5.00. The van der Waals surface area contributed by atoms with Gasteiger partial charge in [0.2, 0.25) is 0 Å². The van der Waals surface area contributed by atoms with Gasteiger partial charge in [-0.2, -0.15) is 0 Å². The van der Waals surface area contributed by atoms with Crippen LogP contribution in [-0.2, 0) is 9.59 Å². The average molecular weight is 393 g/mol. The number of hydrogen-bond acceptors (Lipinski definition) is 4. The van der Waals surface area contributed by atoms with E-state index in [0.29, 0.717) is 12.8 Å². The SMILES string of the molecule is CC(O)CO.CCCCCCCCC(=O)O.CCCCCCCCC(=O)O. The summed E-state index contributed by atoms with van der Waals surface area (Å²) in [5.41, 5.74) is 0. The molecular formula is C21H44O6. The second-order valence-electron chi connectivity index (χ2n) is 6.85. The van der Waals surface area contributed by atoms with Crippen LogP contribution in [0.2, 0.25) is 0 Å². The smallest absolute Gasteiger partial charge is 0.303 e. The van der Waals surface area contributed by atoms with Gasteiger partial charge in [-0.1, -0.05) is 78.1 Å². The van der Waals surface area contributed by atoms with Crippen molar-refractivity contribution in [1.29, 1.82) is 0 Å². The highest BCUT2D eigenvalue weighted by molar-refractivity contribution is 5.66. The van der Waals surface area contributed by atoms with Crippen LogP contribution in [0.5, 0.6) is 0 Å². The first kappa shape index (κ1) is 30.6. The highest BCUT2D eigenvalue weighted by Gasteiger charge is 1.96. The van der Waals surface area contributed by atoms with Crippen LogP contribution in [-0.4, -0.2) is 45.1 Å². The van der Waals surface area contributed by atoms with Crippen LogP contribution in [0.25, 0.3) is 0 Å². The Kier molecular flexibility index (Phi) is 30.7. The monoisotopic (exact) mass is 392 g/mol. The van der Waals surface area contributed by atoms with Gasteiger partial charge in [0.25, 0.3) is 0 Å². The molecule has 164 valence electrons. The van der Waals surface area contributed by atoms with E-state index in [1.54, 1.807) is 0 Å². The van der Waals surface area contributed by atoms with E-state index in [1.165, 1.54) is 58.3 Å². The van der Waals surface area contributed by atoms with E-state index in [2.05, 4.69) is 13.8 Å². The zero-order chi connectivity index (χ0) is 21.3. The molecule has 0 bridgehead atoms. The molecule has 0 aromatic heterocycles. The van der Waals surface area contributed by atoms with Crippen molar-refractivity contribution in [2.24, 2.45) is 0 Å². The maximum atomic E-state index is 10.1. The molecule has 0 fully saturated rings. The van der Waals surface area contributed by atoms with Gasteiger partial charge in [0.1, 0.15) is 0 Å². The van der Waals surface area contributed by atoms with Crippen LogP contribution < -0.4 is 0 Å². The number of rotatable bonds is 15. The summed E-state index contributed by atoms with van der Waals surface area (Å²) in [5.74, 6) is -1.33. The molecule has 0 aliphatic rings. The summed E-state index contributed by atoms with van der Waals surface area (Å²) in [6, 6.07) is 0. The fourth-order valence-electron chi connectivity index (χ4n) is 2.11. The number of hydrogen-bond donors (Lipinski definition) is 4. The molecule has 6 heteroatoms. The van der Waals surface area contributed by atoms with Gasteiger partial charge < -0.3 is 20.4 Å². The highest BCUT2D eigenvalue weighted by Crippen LogP contribution is 2.07. The molecule has 0 aliphatic heterocycles. The zero-order valence-electron chi connectivity index (χ0n) is 17.8. The van der Waals surface area contributed by atoms with E-state index in [9.17, 15) is 9.59 Å². The third-order valence-corrected chi connectivity index (χ3v) is 3.75. The Morgan fingerprint density at radius 1 is 0.667 bits per heavy atom. The van der Waals surface area contributed by atoms with E-state index in [4.69, 9.17) is 20.4 Å². The summed E-state index contributed by atoms with van der Waals surface area (Å²) in [7, 11) is 0. The first-order valence-corrected chi connectivity index (χ1v) is 10.5. The molecule has 6 nitrogen and oxygen atoms in total. The molecule has 0 aromatic rings. The average Bonchev–Trinajstić information content (AvgIpc) is 2.61. The molecule has 1 atom stereocenters. The Balaban J connectivity index is -0.000000344. The molecule has 0 aliphatic carbocycles. The molecule has 0 amide bonds. The van der Waals surface area contributed by atoms with Crippen LogP contribution in [0.4, 0.5) is 0 Å². The molecular weight excluding hydrogens is 348 g/mol. The fraction of sp³-hybridized carbons (Fsp3) is 0.905.